The predicted octanol–water partition coefficient (Wildman–Crippen LogP) is 8.50. The zero-order chi connectivity index (χ0) is 25.5. The molecule has 0 spiro atoms. The van der Waals surface area contributed by atoms with Crippen LogP contribution in [0.1, 0.15) is 0 Å². The molecule has 0 fully saturated rings. The van der Waals surface area contributed by atoms with Gasteiger partial charge in [-0.2, -0.15) is 0 Å². The van der Waals surface area contributed by atoms with Gasteiger partial charge in [0.1, 0.15) is 0 Å². The molecule has 3 heterocycles. The van der Waals surface area contributed by atoms with E-state index in [0.717, 1.165) is 0 Å². The van der Waals surface area contributed by atoms with Gasteiger partial charge in [0.05, 0.1) is 0 Å². The monoisotopic (exact) mass is 494 g/mol. The Morgan fingerprint density at radius 3 is 1.92 bits per heavy atom. The molecule has 9 rings (SSSR count). The minimum absolute atomic E-state index is 0.00553. The highest BCUT2D eigenvalue weighted by Gasteiger charge is 2.44. The molecule has 2 aliphatic heterocycles. The van der Waals surface area contributed by atoms with Crippen LogP contribution in [0, 0.1) is 0 Å². The predicted molar refractivity (Wildman–Crippen MR) is 165 cm³/mol. The Morgan fingerprint density at radius 2 is 1.05 bits per heavy atom. The average Bonchev–Trinajstić information content (AvgIpc) is 3.35. The van der Waals surface area contributed by atoms with Crippen molar-refractivity contribution < 1.29 is 0 Å². The van der Waals surface area contributed by atoms with Gasteiger partial charge in [-0.25, -0.2) is 0 Å². The first-order valence-corrected chi connectivity index (χ1v) is 13.6. The quantitative estimate of drug-likeness (QED) is 0.219. The lowest BCUT2D eigenvalue weighted by atomic mass is 9.55. The molecule has 0 saturated carbocycles. The van der Waals surface area contributed by atoms with Gasteiger partial charge in [-0.15, -0.1) is 0 Å². The molecule has 180 valence electrons. The van der Waals surface area contributed by atoms with Crippen LogP contribution in [0.4, 0.5) is 11.4 Å². The van der Waals surface area contributed by atoms with Crippen molar-refractivity contribution in [3.8, 4) is 33.4 Å². The molecular weight excluding hydrogens is 471 g/mol. The van der Waals surface area contributed by atoms with Crippen LogP contribution in [0.15, 0.2) is 140 Å². The number of anilines is 2. The van der Waals surface area contributed by atoms with E-state index in [0.29, 0.717) is 0 Å². The number of hydrogen-bond acceptors (Lipinski definition) is 1. The second-order valence-corrected chi connectivity index (χ2v) is 10.5. The van der Waals surface area contributed by atoms with Crippen molar-refractivity contribution in [1.82, 2.24) is 4.48 Å². The summed E-state index contributed by atoms with van der Waals surface area (Å²) in [6.07, 6.45) is 0. The molecule has 0 amide bonds. The van der Waals surface area contributed by atoms with E-state index in [1.165, 1.54) is 72.0 Å². The molecule has 0 atom stereocenters. The lowest BCUT2D eigenvalue weighted by Crippen LogP contribution is -2.56. The highest BCUT2D eigenvalue weighted by Crippen LogP contribution is 2.47. The van der Waals surface area contributed by atoms with E-state index in [2.05, 4.69) is 149 Å². The van der Waals surface area contributed by atoms with Crippen LogP contribution >= 0.6 is 0 Å². The number of hydrogen-bond donors (Lipinski definition) is 0. The van der Waals surface area contributed by atoms with Gasteiger partial charge in [0, 0.05) is 44.3 Å². The van der Waals surface area contributed by atoms with Crippen LogP contribution < -0.4 is 10.3 Å². The third kappa shape index (κ3) is 2.77. The average molecular weight is 494 g/mol. The minimum atomic E-state index is 0.00553. The summed E-state index contributed by atoms with van der Waals surface area (Å²) in [5.41, 5.74) is 14.1. The van der Waals surface area contributed by atoms with Crippen molar-refractivity contribution in [3.63, 3.8) is 0 Å². The molecule has 0 radical (unpaired) electrons. The van der Waals surface area contributed by atoms with Gasteiger partial charge in [-0.3, -0.25) is 0 Å². The van der Waals surface area contributed by atoms with Crippen molar-refractivity contribution in [2.24, 2.45) is 0 Å². The number of para-hydroxylation sites is 3. The zero-order valence-corrected chi connectivity index (χ0v) is 21.3. The summed E-state index contributed by atoms with van der Waals surface area (Å²) < 4.78 is 2.59. The molecule has 0 aliphatic carbocycles. The third-order valence-corrected chi connectivity index (χ3v) is 8.58. The topological polar surface area (TPSA) is 8.17 Å². The summed E-state index contributed by atoms with van der Waals surface area (Å²) >= 11 is 0. The summed E-state index contributed by atoms with van der Waals surface area (Å²) in [6, 6.07) is 51.1. The number of rotatable bonds is 2. The second kappa shape index (κ2) is 7.75. The largest absolute Gasteiger partial charge is 0.421 e. The normalized spacial score (nSPS) is 13.0. The molecule has 2 aliphatic rings. The third-order valence-electron chi connectivity index (χ3n) is 8.58. The Hall–Kier alpha value is -5.02. The van der Waals surface area contributed by atoms with E-state index >= 15 is 0 Å². The van der Waals surface area contributed by atoms with Gasteiger partial charge >= 0.3 is 6.98 Å². The minimum Gasteiger partial charge on any atom is -0.361 e. The molecule has 1 aromatic heterocycles. The number of nitrogens with zero attached hydrogens (tertiary/aromatic N) is 2. The maximum atomic E-state index is 2.59. The summed E-state index contributed by atoms with van der Waals surface area (Å²) in [6.45, 7) is 0.00553. The molecule has 0 saturated heterocycles. The molecule has 0 unspecified atom stereocenters. The zero-order valence-electron chi connectivity index (χ0n) is 21.3. The van der Waals surface area contributed by atoms with Gasteiger partial charge in [-0.1, -0.05) is 115 Å². The Bertz CT molecular complexity index is 2070. The van der Waals surface area contributed by atoms with Crippen molar-refractivity contribution in [1.29, 1.82) is 0 Å². The van der Waals surface area contributed by atoms with Crippen molar-refractivity contribution in [2.45, 2.75) is 0 Å². The van der Waals surface area contributed by atoms with Crippen molar-refractivity contribution in [3.05, 3.63) is 140 Å². The Balaban J connectivity index is 1.38. The molecule has 39 heavy (non-hydrogen) atoms. The standard InChI is InChI=1S/C36H23BN2/c1-2-10-24(11-3-1)25-20-22-26(23-21-25)38-33-18-6-4-12-27(33)29-14-8-15-30-32-17-9-16-31-28-13-5-7-19-34(28)39(36(31)32)37(38)35(29)30/h1-23H. The summed E-state index contributed by atoms with van der Waals surface area (Å²) in [5, 5.41) is 2.62. The van der Waals surface area contributed by atoms with Crippen LogP contribution in [0.2, 0.25) is 0 Å². The SMILES string of the molecule is c1ccc(-c2ccc(N3B4c5c(cccc5-c5cccc6c7ccccc7n4c56)-c4ccccc43)cc2)cc1. The van der Waals surface area contributed by atoms with E-state index in [1.54, 1.807) is 0 Å². The van der Waals surface area contributed by atoms with Crippen molar-refractivity contribution >= 4 is 45.6 Å². The summed E-state index contributed by atoms with van der Waals surface area (Å²) in [5.74, 6) is 0. The lowest BCUT2D eigenvalue weighted by molar-refractivity contribution is 1.22. The molecule has 7 aromatic rings. The molecule has 0 bridgehead atoms. The lowest BCUT2D eigenvalue weighted by Gasteiger charge is -2.42. The van der Waals surface area contributed by atoms with Gasteiger partial charge in [0.2, 0.25) is 0 Å². The first kappa shape index (κ1) is 21.0. The molecule has 3 heteroatoms. The smallest absolute Gasteiger partial charge is 0.361 e. The van der Waals surface area contributed by atoms with E-state index in [-0.39, 0.29) is 6.98 Å². The summed E-state index contributed by atoms with van der Waals surface area (Å²) in [4.78, 5) is 2.55. The van der Waals surface area contributed by atoms with Crippen LogP contribution in [0.25, 0.3) is 55.2 Å². The van der Waals surface area contributed by atoms with Crippen LogP contribution in [-0.4, -0.2) is 11.5 Å². The Labute approximate surface area is 227 Å². The molecule has 2 nitrogen and oxygen atoms in total. The molecule has 6 aromatic carbocycles. The Kier molecular flexibility index (Phi) is 4.17. The van der Waals surface area contributed by atoms with Crippen LogP contribution in [0.3, 0.4) is 0 Å². The first-order valence-electron chi connectivity index (χ1n) is 13.6. The fraction of sp³-hybridized carbons (Fsp3) is 0. The van der Waals surface area contributed by atoms with E-state index in [1.807, 2.05) is 0 Å². The molecule has 0 N–H and O–H groups in total. The van der Waals surface area contributed by atoms with E-state index < -0.39 is 0 Å². The summed E-state index contributed by atoms with van der Waals surface area (Å²) in [7, 11) is 0. The number of fused-ring (bicyclic) bond motifs is 7. The fourth-order valence-corrected chi connectivity index (χ4v) is 6.98. The van der Waals surface area contributed by atoms with E-state index in [9.17, 15) is 0 Å². The maximum absolute atomic E-state index is 2.59. The number of aromatic nitrogens is 1. The molecular formula is C36H23BN2. The van der Waals surface area contributed by atoms with Gasteiger partial charge < -0.3 is 9.29 Å². The second-order valence-electron chi connectivity index (χ2n) is 10.5. The van der Waals surface area contributed by atoms with Crippen LogP contribution in [-0.2, 0) is 0 Å². The van der Waals surface area contributed by atoms with Crippen molar-refractivity contribution in [2.75, 3.05) is 4.81 Å². The van der Waals surface area contributed by atoms with Gasteiger partial charge in [-0.05, 0) is 52.0 Å². The maximum Gasteiger partial charge on any atom is 0.421 e. The van der Waals surface area contributed by atoms with Gasteiger partial charge in [0.25, 0.3) is 0 Å². The number of benzene rings is 6. The fourth-order valence-electron chi connectivity index (χ4n) is 6.98. The van der Waals surface area contributed by atoms with Crippen LogP contribution in [0.5, 0.6) is 0 Å². The van der Waals surface area contributed by atoms with Gasteiger partial charge in [0.15, 0.2) is 0 Å². The first-order chi connectivity index (χ1) is 19.4. The highest BCUT2D eigenvalue weighted by molar-refractivity contribution is 6.82. The van der Waals surface area contributed by atoms with E-state index in [4.69, 9.17) is 0 Å². The highest BCUT2D eigenvalue weighted by atomic mass is 15.2. The Morgan fingerprint density at radius 1 is 0.436 bits per heavy atom.